The van der Waals surface area contributed by atoms with Gasteiger partial charge in [0.15, 0.2) is 0 Å². The summed E-state index contributed by atoms with van der Waals surface area (Å²) in [5.74, 6) is -0.231. The molecular formula is C14H18F3N3O. The van der Waals surface area contributed by atoms with Crippen LogP contribution in [0.3, 0.4) is 0 Å². The molecule has 1 aliphatic heterocycles. The van der Waals surface area contributed by atoms with Gasteiger partial charge in [0.25, 0.3) is 0 Å². The predicted octanol–water partition coefficient (Wildman–Crippen LogP) is 2.07. The minimum absolute atomic E-state index is 0.194. The summed E-state index contributed by atoms with van der Waals surface area (Å²) in [7, 11) is 0. The van der Waals surface area contributed by atoms with Crippen molar-refractivity contribution in [3.63, 3.8) is 0 Å². The van der Waals surface area contributed by atoms with Crippen molar-refractivity contribution in [1.82, 2.24) is 4.90 Å². The van der Waals surface area contributed by atoms with Crippen molar-refractivity contribution in [1.29, 1.82) is 0 Å². The fourth-order valence-electron chi connectivity index (χ4n) is 2.26. The van der Waals surface area contributed by atoms with E-state index in [0.29, 0.717) is 5.69 Å². The number of likely N-dealkylation sites (tertiary alicyclic amines) is 1. The molecule has 0 unspecified atom stereocenters. The molecule has 1 aliphatic rings. The lowest BCUT2D eigenvalue weighted by Crippen LogP contribution is -2.43. The highest BCUT2D eigenvalue weighted by Gasteiger charge is 2.30. The Bertz CT molecular complexity index is 479. The maximum Gasteiger partial charge on any atom is 0.416 e. The topological polar surface area (TPSA) is 58.4 Å². The lowest BCUT2D eigenvalue weighted by atomic mass is 10.1. The zero-order valence-corrected chi connectivity index (χ0v) is 11.5. The summed E-state index contributed by atoms with van der Waals surface area (Å²) in [6.45, 7) is 1.76. The molecule has 1 saturated heterocycles. The Morgan fingerprint density at radius 2 is 1.81 bits per heavy atom. The van der Waals surface area contributed by atoms with Crippen LogP contribution in [0.15, 0.2) is 24.3 Å². The second-order valence-corrected chi connectivity index (χ2v) is 5.24. The molecule has 0 radical (unpaired) electrons. The molecule has 1 heterocycles. The monoisotopic (exact) mass is 301 g/mol. The summed E-state index contributed by atoms with van der Waals surface area (Å²) in [5, 5.41) is 2.60. The van der Waals surface area contributed by atoms with Gasteiger partial charge in [-0.3, -0.25) is 9.69 Å². The number of hydrogen-bond acceptors (Lipinski definition) is 3. The number of benzene rings is 1. The Kier molecular flexibility index (Phi) is 4.84. The van der Waals surface area contributed by atoms with Crippen LogP contribution in [0.1, 0.15) is 18.4 Å². The number of alkyl halides is 3. The Morgan fingerprint density at radius 1 is 1.24 bits per heavy atom. The second kappa shape index (κ2) is 6.44. The fraction of sp³-hybridized carbons (Fsp3) is 0.500. The number of halogens is 3. The van der Waals surface area contributed by atoms with Crippen LogP contribution < -0.4 is 11.1 Å². The van der Waals surface area contributed by atoms with Crippen molar-refractivity contribution in [2.24, 2.45) is 5.73 Å². The van der Waals surface area contributed by atoms with E-state index in [0.717, 1.165) is 38.1 Å². The minimum atomic E-state index is -4.37. The number of anilines is 1. The predicted molar refractivity (Wildman–Crippen MR) is 73.7 cm³/mol. The van der Waals surface area contributed by atoms with Crippen LogP contribution in [-0.2, 0) is 11.0 Å². The van der Waals surface area contributed by atoms with Crippen LogP contribution in [0.4, 0.5) is 18.9 Å². The van der Waals surface area contributed by atoms with Crippen molar-refractivity contribution in [3.8, 4) is 0 Å². The first-order valence-electron chi connectivity index (χ1n) is 6.79. The van der Waals surface area contributed by atoms with E-state index in [4.69, 9.17) is 5.73 Å². The molecule has 0 spiro atoms. The molecule has 116 valence electrons. The maximum atomic E-state index is 12.4. The highest BCUT2D eigenvalue weighted by Crippen LogP contribution is 2.29. The molecule has 3 N–H and O–H groups in total. The normalized spacial score (nSPS) is 17.7. The van der Waals surface area contributed by atoms with Crippen LogP contribution in [0.25, 0.3) is 0 Å². The number of nitrogens with zero attached hydrogens (tertiary/aromatic N) is 1. The zero-order valence-electron chi connectivity index (χ0n) is 11.5. The highest BCUT2D eigenvalue weighted by molar-refractivity contribution is 5.92. The van der Waals surface area contributed by atoms with Gasteiger partial charge in [-0.25, -0.2) is 0 Å². The fourth-order valence-corrected chi connectivity index (χ4v) is 2.26. The summed E-state index contributed by atoms with van der Waals surface area (Å²) < 4.78 is 37.3. The summed E-state index contributed by atoms with van der Waals surface area (Å²) in [6, 6.07) is 4.62. The Labute approximate surface area is 121 Å². The van der Waals surface area contributed by atoms with Crippen molar-refractivity contribution >= 4 is 11.6 Å². The average Bonchev–Trinajstić information content (AvgIpc) is 2.41. The van der Waals surface area contributed by atoms with Gasteiger partial charge in [-0.2, -0.15) is 13.2 Å². The van der Waals surface area contributed by atoms with Crippen molar-refractivity contribution < 1.29 is 18.0 Å². The quantitative estimate of drug-likeness (QED) is 0.898. The molecule has 0 bridgehead atoms. The van der Waals surface area contributed by atoms with E-state index < -0.39 is 11.7 Å². The lowest BCUT2D eigenvalue weighted by Gasteiger charge is -2.29. The first kappa shape index (κ1) is 15.8. The number of carbonyl (C=O) groups excluding carboxylic acids is 1. The van der Waals surface area contributed by atoms with E-state index in [-0.39, 0.29) is 18.5 Å². The summed E-state index contributed by atoms with van der Waals surface area (Å²) in [4.78, 5) is 13.8. The second-order valence-electron chi connectivity index (χ2n) is 5.24. The maximum absolute atomic E-state index is 12.4. The summed E-state index contributed by atoms with van der Waals surface area (Å²) in [5.41, 5.74) is 5.41. The Morgan fingerprint density at radius 3 is 2.33 bits per heavy atom. The van der Waals surface area contributed by atoms with Gasteiger partial charge in [-0.15, -0.1) is 0 Å². The largest absolute Gasteiger partial charge is 0.416 e. The first-order valence-corrected chi connectivity index (χ1v) is 6.79. The SMILES string of the molecule is NC1CCN(CC(=O)Nc2ccc(C(F)(F)F)cc2)CC1. The van der Waals surface area contributed by atoms with Crippen LogP contribution >= 0.6 is 0 Å². The van der Waals surface area contributed by atoms with Gasteiger partial charge in [-0.05, 0) is 37.1 Å². The van der Waals surface area contributed by atoms with E-state index in [1.807, 2.05) is 4.90 Å². The molecule has 1 amide bonds. The third kappa shape index (κ3) is 4.71. The average molecular weight is 301 g/mol. The third-order valence-electron chi connectivity index (χ3n) is 3.50. The van der Waals surface area contributed by atoms with E-state index in [1.165, 1.54) is 12.1 Å². The molecule has 1 aromatic rings. The van der Waals surface area contributed by atoms with Crippen LogP contribution in [0, 0.1) is 0 Å². The smallest absolute Gasteiger partial charge is 0.328 e. The van der Waals surface area contributed by atoms with Gasteiger partial charge in [0.2, 0.25) is 5.91 Å². The molecule has 4 nitrogen and oxygen atoms in total. The van der Waals surface area contributed by atoms with Gasteiger partial charge in [0.1, 0.15) is 0 Å². The number of rotatable bonds is 3. The molecule has 1 fully saturated rings. The van der Waals surface area contributed by atoms with E-state index in [2.05, 4.69) is 5.32 Å². The molecule has 0 saturated carbocycles. The minimum Gasteiger partial charge on any atom is -0.328 e. The van der Waals surface area contributed by atoms with Crippen molar-refractivity contribution in [2.45, 2.75) is 25.1 Å². The standard InChI is InChI=1S/C14H18F3N3O/c15-14(16,17)10-1-3-12(4-2-10)19-13(21)9-20-7-5-11(18)6-8-20/h1-4,11H,5-9,18H2,(H,19,21). The summed E-state index contributed by atoms with van der Waals surface area (Å²) >= 11 is 0. The van der Waals surface area contributed by atoms with Gasteiger partial charge in [0.05, 0.1) is 12.1 Å². The number of hydrogen-bond donors (Lipinski definition) is 2. The van der Waals surface area contributed by atoms with E-state index in [9.17, 15) is 18.0 Å². The zero-order chi connectivity index (χ0) is 15.5. The van der Waals surface area contributed by atoms with Crippen LogP contribution in [0.2, 0.25) is 0 Å². The summed E-state index contributed by atoms with van der Waals surface area (Å²) in [6.07, 6.45) is -2.66. The molecule has 0 aromatic heterocycles. The van der Waals surface area contributed by atoms with Gasteiger partial charge in [0, 0.05) is 24.8 Å². The van der Waals surface area contributed by atoms with Crippen molar-refractivity contribution in [2.75, 3.05) is 25.0 Å². The van der Waals surface area contributed by atoms with Gasteiger partial charge in [-0.1, -0.05) is 0 Å². The number of carbonyl (C=O) groups is 1. The highest BCUT2D eigenvalue weighted by atomic mass is 19.4. The molecule has 7 heteroatoms. The number of amides is 1. The van der Waals surface area contributed by atoms with Crippen LogP contribution in [-0.4, -0.2) is 36.5 Å². The van der Waals surface area contributed by atoms with Gasteiger partial charge >= 0.3 is 6.18 Å². The number of nitrogens with two attached hydrogens (primary N) is 1. The number of piperidine rings is 1. The lowest BCUT2D eigenvalue weighted by molar-refractivity contribution is -0.137. The third-order valence-corrected chi connectivity index (χ3v) is 3.50. The van der Waals surface area contributed by atoms with Gasteiger partial charge < -0.3 is 11.1 Å². The molecule has 1 aromatic carbocycles. The Balaban J connectivity index is 1.85. The Hall–Kier alpha value is -1.60. The van der Waals surface area contributed by atoms with Crippen LogP contribution in [0.5, 0.6) is 0 Å². The van der Waals surface area contributed by atoms with E-state index >= 15 is 0 Å². The number of nitrogens with one attached hydrogen (secondary N) is 1. The molecule has 2 rings (SSSR count). The molecule has 21 heavy (non-hydrogen) atoms. The van der Waals surface area contributed by atoms with Crippen molar-refractivity contribution in [3.05, 3.63) is 29.8 Å². The van der Waals surface area contributed by atoms with E-state index in [1.54, 1.807) is 0 Å². The molecule has 0 atom stereocenters. The first-order chi connectivity index (χ1) is 9.84. The molecule has 0 aliphatic carbocycles. The molecular weight excluding hydrogens is 283 g/mol.